The average Bonchev–Trinajstić information content (AvgIpc) is 2.85. The number of carbonyl (C=O) groups is 1. The van der Waals surface area contributed by atoms with Crippen LogP contribution >= 0.6 is 11.6 Å². The molecular formula is C21H20ClN3O3. The van der Waals surface area contributed by atoms with Gasteiger partial charge in [0.2, 0.25) is 5.91 Å². The Kier molecular flexibility index (Phi) is 5.21. The van der Waals surface area contributed by atoms with Crippen molar-refractivity contribution in [3.63, 3.8) is 0 Å². The summed E-state index contributed by atoms with van der Waals surface area (Å²) in [7, 11) is 0. The van der Waals surface area contributed by atoms with E-state index in [0.29, 0.717) is 29.8 Å². The summed E-state index contributed by atoms with van der Waals surface area (Å²) in [6, 6.07) is 11.2. The first kappa shape index (κ1) is 18.4. The van der Waals surface area contributed by atoms with E-state index in [1.54, 1.807) is 6.08 Å². The van der Waals surface area contributed by atoms with Crippen LogP contribution in [0.3, 0.4) is 0 Å². The van der Waals surface area contributed by atoms with Crippen molar-refractivity contribution in [2.24, 2.45) is 0 Å². The molecule has 0 radical (unpaired) electrons. The second-order valence-electron chi connectivity index (χ2n) is 6.54. The van der Waals surface area contributed by atoms with Crippen LogP contribution in [0, 0.1) is 0 Å². The molecule has 0 aliphatic carbocycles. The van der Waals surface area contributed by atoms with Crippen molar-refractivity contribution in [2.45, 2.75) is 19.4 Å². The molecule has 1 aliphatic rings. The first-order valence-corrected chi connectivity index (χ1v) is 9.50. The fraction of sp³-hybridized carbons (Fsp3) is 0.238. The highest BCUT2D eigenvalue weighted by molar-refractivity contribution is 6.31. The van der Waals surface area contributed by atoms with E-state index in [1.165, 1.54) is 6.08 Å². The van der Waals surface area contributed by atoms with E-state index in [4.69, 9.17) is 21.1 Å². The van der Waals surface area contributed by atoms with E-state index in [2.05, 4.69) is 10.3 Å². The molecule has 7 heteroatoms. The Morgan fingerprint density at radius 2 is 2.07 bits per heavy atom. The fourth-order valence-electron chi connectivity index (χ4n) is 3.08. The molecule has 0 saturated heterocycles. The molecule has 1 amide bonds. The summed E-state index contributed by atoms with van der Waals surface area (Å²) < 4.78 is 13.2. The van der Waals surface area contributed by atoms with Crippen molar-refractivity contribution in [2.75, 3.05) is 13.2 Å². The standard InChI is InChI=1S/C21H20ClN3O3/c1-14(15-6-8-17-18(13-15)28-12-4-11-27-17)23-20(26)9-7-16-21(22)24-19-5-2-3-10-25(16)19/h2-3,5-10,13-14H,4,11-12H2,1H3,(H,23,26)/b9-7+. The quantitative estimate of drug-likeness (QED) is 0.675. The van der Waals surface area contributed by atoms with Crippen LogP contribution in [0.1, 0.15) is 30.6 Å². The molecule has 0 fully saturated rings. The number of fused-ring (bicyclic) bond motifs is 2. The van der Waals surface area contributed by atoms with Gasteiger partial charge in [-0.05, 0) is 42.8 Å². The number of amides is 1. The molecule has 0 bridgehead atoms. The van der Waals surface area contributed by atoms with Gasteiger partial charge >= 0.3 is 0 Å². The summed E-state index contributed by atoms with van der Waals surface area (Å²) in [4.78, 5) is 16.7. The first-order valence-electron chi connectivity index (χ1n) is 9.12. The number of ether oxygens (including phenoxy) is 2. The smallest absolute Gasteiger partial charge is 0.244 e. The number of nitrogens with one attached hydrogen (secondary N) is 1. The highest BCUT2D eigenvalue weighted by Crippen LogP contribution is 2.32. The number of aromatic nitrogens is 2. The third-order valence-corrected chi connectivity index (χ3v) is 4.82. The Morgan fingerprint density at radius 1 is 1.25 bits per heavy atom. The minimum atomic E-state index is -0.221. The Hall–Kier alpha value is -2.99. The summed E-state index contributed by atoms with van der Waals surface area (Å²) in [5.41, 5.74) is 2.34. The van der Waals surface area contributed by atoms with Crippen LogP contribution in [-0.4, -0.2) is 28.5 Å². The van der Waals surface area contributed by atoms with E-state index in [1.807, 2.05) is 53.9 Å². The maximum absolute atomic E-state index is 12.4. The van der Waals surface area contributed by atoms with E-state index in [-0.39, 0.29) is 11.9 Å². The van der Waals surface area contributed by atoms with E-state index in [9.17, 15) is 4.79 Å². The lowest BCUT2D eigenvalue weighted by atomic mass is 10.1. The van der Waals surface area contributed by atoms with Gasteiger partial charge in [0.05, 0.1) is 24.9 Å². The molecule has 1 aromatic carbocycles. The molecule has 28 heavy (non-hydrogen) atoms. The molecule has 1 atom stereocenters. The zero-order valence-electron chi connectivity index (χ0n) is 15.4. The van der Waals surface area contributed by atoms with Crippen molar-refractivity contribution in [3.8, 4) is 11.5 Å². The Balaban J connectivity index is 1.47. The molecule has 1 unspecified atom stereocenters. The van der Waals surface area contributed by atoms with Gasteiger partial charge in [-0.2, -0.15) is 0 Å². The summed E-state index contributed by atoms with van der Waals surface area (Å²) in [6.45, 7) is 3.20. The van der Waals surface area contributed by atoms with Gasteiger partial charge in [0.25, 0.3) is 0 Å². The van der Waals surface area contributed by atoms with Crippen molar-refractivity contribution < 1.29 is 14.3 Å². The van der Waals surface area contributed by atoms with Gasteiger partial charge in [0.15, 0.2) is 16.7 Å². The average molecular weight is 398 g/mol. The van der Waals surface area contributed by atoms with Gasteiger partial charge in [-0.25, -0.2) is 4.98 Å². The molecule has 4 rings (SSSR count). The first-order chi connectivity index (χ1) is 13.6. The van der Waals surface area contributed by atoms with Crippen LogP contribution in [0.25, 0.3) is 11.7 Å². The maximum atomic E-state index is 12.4. The minimum absolute atomic E-state index is 0.188. The van der Waals surface area contributed by atoms with Gasteiger partial charge < -0.3 is 14.8 Å². The van der Waals surface area contributed by atoms with Gasteiger partial charge in [-0.3, -0.25) is 9.20 Å². The lowest BCUT2D eigenvalue weighted by Gasteiger charge is -2.15. The zero-order chi connectivity index (χ0) is 19.5. The third kappa shape index (κ3) is 3.82. The van der Waals surface area contributed by atoms with Crippen LogP contribution < -0.4 is 14.8 Å². The number of hydrogen-bond donors (Lipinski definition) is 1. The summed E-state index contributed by atoms with van der Waals surface area (Å²) >= 11 is 6.19. The zero-order valence-corrected chi connectivity index (χ0v) is 16.1. The number of imidazole rings is 1. The molecule has 1 aliphatic heterocycles. The predicted molar refractivity (Wildman–Crippen MR) is 108 cm³/mol. The molecule has 6 nitrogen and oxygen atoms in total. The number of hydrogen-bond acceptors (Lipinski definition) is 4. The molecule has 1 N–H and O–H groups in total. The largest absolute Gasteiger partial charge is 0.490 e. The highest BCUT2D eigenvalue weighted by atomic mass is 35.5. The lowest BCUT2D eigenvalue weighted by Crippen LogP contribution is -2.24. The van der Waals surface area contributed by atoms with Crippen LogP contribution in [-0.2, 0) is 4.79 Å². The van der Waals surface area contributed by atoms with Crippen LogP contribution in [0.5, 0.6) is 11.5 Å². The molecular weight excluding hydrogens is 378 g/mol. The van der Waals surface area contributed by atoms with Crippen LogP contribution in [0.2, 0.25) is 5.15 Å². The van der Waals surface area contributed by atoms with Crippen molar-refractivity contribution in [3.05, 3.63) is 65.1 Å². The SMILES string of the molecule is CC(NC(=O)/C=C/c1c(Cl)nc2ccccn12)c1ccc2c(c1)OCCCO2. The van der Waals surface area contributed by atoms with Crippen LogP contribution in [0.4, 0.5) is 0 Å². The van der Waals surface area contributed by atoms with Gasteiger partial charge in [-0.1, -0.05) is 23.7 Å². The number of pyridine rings is 1. The van der Waals surface area contributed by atoms with Gasteiger partial charge in [0, 0.05) is 18.7 Å². The number of nitrogens with zero attached hydrogens (tertiary/aromatic N) is 2. The van der Waals surface area contributed by atoms with Gasteiger partial charge in [0.1, 0.15) is 5.65 Å². The topological polar surface area (TPSA) is 64.9 Å². The molecule has 0 saturated carbocycles. The lowest BCUT2D eigenvalue weighted by molar-refractivity contribution is -0.117. The second-order valence-corrected chi connectivity index (χ2v) is 6.89. The van der Waals surface area contributed by atoms with Crippen molar-refractivity contribution in [1.82, 2.24) is 14.7 Å². The third-order valence-electron chi connectivity index (χ3n) is 4.54. The highest BCUT2D eigenvalue weighted by Gasteiger charge is 2.15. The normalized spacial score (nSPS) is 14.8. The second kappa shape index (κ2) is 7.94. The van der Waals surface area contributed by atoms with Crippen LogP contribution in [0.15, 0.2) is 48.7 Å². The molecule has 3 aromatic rings. The number of carbonyl (C=O) groups excluding carboxylic acids is 1. The monoisotopic (exact) mass is 397 g/mol. The van der Waals surface area contributed by atoms with Crippen molar-refractivity contribution in [1.29, 1.82) is 0 Å². The Labute approximate surface area is 167 Å². The Bertz CT molecular complexity index is 1040. The van der Waals surface area contributed by atoms with E-state index < -0.39 is 0 Å². The Morgan fingerprint density at radius 3 is 2.93 bits per heavy atom. The summed E-state index contributed by atoms with van der Waals surface area (Å²) in [5.74, 6) is 1.23. The number of halogens is 1. The van der Waals surface area contributed by atoms with Gasteiger partial charge in [-0.15, -0.1) is 0 Å². The maximum Gasteiger partial charge on any atom is 0.244 e. The number of benzene rings is 1. The molecule has 3 heterocycles. The molecule has 144 valence electrons. The fourth-order valence-corrected chi connectivity index (χ4v) is 3.32. The van der Waals surface area contributed by atoms with E-state index in [0.717, 1.165) is 23.4 Å². The summed E-state index contributed by atoms with van der Waals surface area (Å²) in [6.07, 6.45) is 5.83. The molecule has 0 spiro atoms. The number of rotatable bonds is 4. The van der Waals surface area contributed by atoms with E-state index >= 15 is 0 Å². The predicted octanol–water partition coefficient (Wildman–Crippen LogP) is 4.04. The minimum Gasteiger partial charge on any atom is -0.490 e. The van der Waals surface area contributed by atoms with Crippen molar-refractivity contribution >= 4 is 29.2 Å². The molecule has 2 aromatic heterocycles. The summed E-state index contributed by atoms with van der Waals surface area (Å²) in [5, 5.41) is 3.31.